The third-order valence-electron chi connectivity index (χ3n) is 3.85. The van der Waals surface area contributed by atoms with Crippen LogP contribution in [-0.2, 0) is 14.3 Å². The summed E-state index contributed by atoms with van der Waals surface area (Å²) in [6.07, 6.45) is 2.06. The van der Waals surface area contributed by atoms with Gasteiger partial charge in [-0.2, -0.15) is 11.8 Å². The van der Waals surface area contributed by atoms with Crippen molar-refractivity contribution in [3.8, 4) is 0 Å². The second kappa shape index (κ2) is 11.3. The largest absolute Gasteiger partial charge is 0.454 e. The molecule has 11 nitrogen and oxygen atoms in total. The summed E-state index contributed by atoms with van der Waals surface area (Å²) >= 11 is 7.41. The number of nitrogens with one attached hydrogen (secondary N) is 2. The van der Waals surface area contributed by atoms with Crippen molar-refractivity contribution >= 4 is 52.7 Å². The molecule has 1 atom stereocenters. The molecule has 0 saturated carbocycles. The number of esters is 1. The van der Waals surface area contributed by atoms with Crippen LogP contribution in [0.1, 0.15) is 22.5 Å². The minimum absolute atomic E-state index is 0.0339. The number of nitro groups is 1. The molecule has 2 N–H and O–H groups in total. The Hall–Kier alpha value is -3.12. The number of benzene rings is 1. The van der Waals surface area contributed by atoms with Gasteiger partial charge < -0.3 is 19.9 Å². The number of carbonyl (C=O) groups excluding carboxylic acids is 3. The second-order valence-corrected chi connectivity index (χ2v) is 7.60. The molecule has 1 heterocycles. The van der Waals surface area contributed by atoms with E-state index < -0.39 is 35.4 Å². The second-order valence-electron chi connectivity index (χ2n) is 6.21. The van der Waals surface area contributed by atoms with Gasteiger partial charge in [0.25, 0.3) is 17.5 Å². The van der Waals surface area contributed by atoms with E-state index in [4.69, 9.17) is 20.9 Å². The van der Waals surface area contributed by atoms with Crippen LogP contribution >= 0.6 is 23.4 Å². The highest BCUT2D eigenvalue weighted by Gasteiger charge is 2.25. The first kappa shape index (κ1) is 24.2. The molecule has 0 aliphatic carbocycles. The predicted octanol–water partition coefficient (Wildman–Crippen LogP) is 2.58. The molecule has 0 aliphatic rings. The molecule has 0 saturated heterocycles. The van der Waals surface area contributed by atoms with E-state index in [1.54, 1.807) is 6.92 Å². The highest BCUT2D eigenvalue weighted by atomic mass is 35.5. The fourth-order valence-electron chi connectivity index (χ4n) is 2.36. The number of rotatable bonds is 10. The van der Waals surface area contributed by atoms with Crippen molar-refractivity contribution in [2.24, 2.45) is 0 Å². The Morgan fingerprint density at radius 3 is 2.68 bits per heavy atom. The quantitative estimate of drug-likeness (QED) is 0.303. The van der Waals surface area contributed by atoms with E-state index in [-0.39, 0.29) is 28.5 Å². The van der Waals surface area contributed by atoms with Gasteiger partial charge in [0.1, 0.15) is 11.8 Å². The van der Waals surface area contributed by atoms with Crippen LogP contribution in [0, 0.1) is 17.0 Å². The average molecular weight is 471 g/mol. The minimum Gasteiger partial charge on any atom is -0.454 e. The average Bonchev–Trinajstić information content (AvgIpc) is 3.13. The zero-order chi connectivity index (χ0) is 23.0. The molecule has 2 amide bonds. The molecular weight excluding hydrogens is 452 g/mol. The van der Waals surface area contributed by atoms with E-state index in [1.165, 1.54) is 23.9 Å². The van der Waals surface area contributed by atoms with Gasteiger partial charge in [0.2, 0.25) is 0 Å². The lowest BCUT2D eigenvalue weighted by Crippen LogP contribution is -2.43. The molecule has 0 spiro atoms. The van der Waals surface area contributed by atoms with Crippen molar-refractivity contribution < 1.29 is 28.6 Å². The SMILES string of the molecule is CSCCC(NC(=O)c1ccc([N+](=O)[O-])cc1Cl)C(=O)OCC(=O)Nc1cc(C)on1. The molecule has 1 aromatic carbocycles. The van der Waals surface area contributed by atoms with Gasteiger partial charge in [0.15, 0.2) is 12.4 Å². The summed E-state index contributed by atoms with van der Waals surface area (Å²) in [5.74, 6) is -0.943. The molecular formula is C18H19ClN4O7S. The van der Waals surface area contributed by atoms with Crippen molar-refractivity contribution in [1.29, 1.82) is 0 Å². The lowest BCUT2D eigenvalue weighted by molar-refractivity contribution is -0.384. The van der Waals surface area contributed by atoms with Gasteiger partial charge in [0.05, 0.1) is 15.5 Å². The molecule has 31 heavy (non-hydrogen) atoms. The molecule has 0 fully saturated rings. The number of hydrogen-bond donors (Lipinski definition) is 2. The molecule has 0 bridgehead atoms. The first-order valence-corrected chi connectivity index (χ1v) is 10.6. The van der Waals surface area contributed by atoms with E-state index in [9.17, 15) is 24.5 Å². The Kier molecular flexibility index (Phi) is 8.82. The molecule has 1 aromatic heterocycles. The summed E-state index contributed by atoms with van der Waals surface area (Å²) < 4.78 is 9.82. The van der Waals surface area contributed by atoms with Crippen LogP contribution in [-0.4, -0.2) is 52.5 Å². The maximum absolute atomic E-state index is 12.5. The molecule has 13 heteroatoms. The standard InChI is InChI=1S/C18H19ClN4O7S/c1-10-7-15(22-30-10)21-16(24)9-29-18(26)14(5-6-31-2)20-17(25)12-4-3-11(23(27)28)8-13(12)19/h3-4,7-8,14H,5-6,9H2,1-2H3,(H,20,25)(H,21,22,24). The molecule has 0 radical (unpaired) electrons. The Bertz CT molecular complexity index is 982. The number of halogens is 1. The topological polar surface area (TPSA) is 154 Å². The van der Waals surface area contributed by atoms with Gasteiger partial charge in [-0.25, -0.2) is 4.79 Å². The number of aryl methyl sites for hydroxylation is 1. The van der Waals surface area contributed by atoms with Crippen molar-refractivity contribution in [2.75, 3.05) is 23.9 Å². The number of anilines is 1. The van der Waals surface area contributed by atoms with Crippen LogP contribution in [0.15, 0.2) is 28.8 Å². The zero-order valence-corrected chi connectivity index (χ0v) is 18.1. The summed E-state index contributed by atoms with van der Waals surface area (Å²) in [7, 11) is 0. The molecule has 1 unspecified atom stereocenters. The number of amides is 2. The maximum Gasteiger partial charge on any atom is 0.329 e. The lowest BCUT2D eigenvalue weighted by Gasteiger charge is -2.17. The van der Waals surface area contributed by atoms with Gasteiger partial charge in [-0.3, -0.25) is 19.7 Å². The third-order valence-corrected chi connectivity index (χ3v) is 4.81. The minimum atomic E-state index is -1.05. The van der Waals surface area contributed by atoms with Gasteiger partial charge in [-0.15, -0.1) is 0 Å². The van der Waals surface area contributed by atoms with Crippen LogP contribution in [0.5, 0.6) is 0 Å². The fraction of sp³-hybridized carbons (Fsp3) is 0.333. The molecule has 0 aliphatic heterocycles. The van der Waals surface area contributed by atoms with Crippen molar-refractivity contribution in [1.82, 2.24) is 10.5 Å². The van der Waals surface area contributed by atoms with Crippen molar-refractivity contribution in [3.63, 3.8) is 0 Å². The van der Waals surface area contributed by atoms with Crippen LogP contribution in [0.4, 0.5) is 11.5 Å². The van der Waals surface area contributed by atoms with Crippen LogP contribution < -0.4 is 10.6 Å². The van der Waals surface area contributed by atoms with E-state index in [0.717, 1.165) is 12.1 Å². The molecule has 166 valence electrons. The third kappa shape index (κ3) is 7.26. The fourth-order valence-corrected chi connectivity index (χ4v) is 3.10. The van der Waals surface area contributed by atoms with Crippen molar-refractivity contribution in [2.45, 2.75) is 19.4 Å². The smallest absolute Gasteiger partial charge is 0.329 e. The van der Waals surface area contributed by atoms with E-state index in [1.807, 2.05) is 6.26 Å². The number of hydrogen-bond acceptors (Lipinski definition) is 9. The van der Waals surface area contributed by atoms with E-state index >= 15 is 0 Å². The first-order valence-electron chi connectivity index (χ1n) is 8.84. The molecule has 2 rings (SSSR count). The maximum atomic E-state index is 12.5. The van der Waals surface area contributed by atoms with Gasteiger partial charge in [0, 0.05) is 18.2 Å². The Morgan fingerprint density at radius 1 is 1.35 bits per heavy atom. The van der Waals surface area contributed by atoms with E-state index in [0.29, 0.717) is 11.5 Å². The van der Waals surface area contributed by atoms with Crippen LogP contribution in [0.25, 0.3) is 0 Å². The number of ether oxygens (including phenoxy) is 1. The summed E-state index contributed by atoms with van der Waals surface area (Å²) in [6.45, 7) is 1.06. The summed E-state index contributed by atoms with van der Waals surface area (Å²) in [5, 5.41) is 19.2. The van der Waals surface area contributed by atoms with Crippen molar-refractivity contribution in [3.05, 3.63) is 50.7 Å². The monoisotopic (exact) mass is 470 g/mol. The zero-order valence-electron chi connectivity index (χ0n) is 16.5. The van der Waals surface area contributed by atoms with Crippen LogP contribution in [0.2, 0.25) is 5.02 Å². The number of aromatic nitrogens is 1. The summed E-state index contributed by atoms with van der Waals surface area (Å²) in [5.41, 5.74) is -0.304. The van der Waals surface area contributed by atoms with Gasteiger partial charge in [-0.05, 0) is 31.4 Å². The normalized spacial score (nSPS) is 11.5. The number of carbonyl (C=O) groups is 3. The summed E-state index contributed by atoms with van der Waals surface area (Å²) in [6, 6.07) is 3.82. The highest BCUT2D eigenvalue weighted by molar-refractivity contribution is 7.98. The Labute approximate surface area is 186 Å². The summed E-state index contributed by atoms with van der Waals surface area (Å²) in [4.78, 5) is 47.0. The number of nitro benzene ring substituents is 1. The Balaban J connectivity index is 1.99. The Morgan fingerprint density at radius 2 is 2.10 bits per heavy atom. The highest BCUT2D eigenvalue weighted by Crippen LogP contribution is 2.22. The predicted molar refractivity (Wildman–Crippen MR) is 113 cm³/mol. The van der Waals surface area contributed by atoms with E-state index in [2.05, 4.69) is 15.8 Å². The first-order chi connectivity index (χ1) is 14.7. The lowest BCUT2D eigenvalue weighted by atomic mass is 10.1. The number of thioether (sulfide) groups is 1. The number of nitrogens with zero attached hydrogens (tertiary/aromatic N) is 2. The molecule has 2 aromatic rings. The van der Waals surface area contributed by atoms with Gasteiger partial charge in [-0.1, -0.05) is 16.8 Å². The van der Waals surface area contributed by atoms with Crippen LogP contribution in [0.3, 0.4) is 0 Å². The number of non-ortho nitro benzene ring substituents is 1. The van der Waals surface area contributed by atoms with Gasteiger partial charge >= 0.3 is 5.97 Å².